The Kier molecular flexibility index (Phi) is 2.41. The van der Waals surface area contributed by atoms with Crippen molar-refractivity contribution in [2.75, 3.05) is 13.1 Å². The highest BCUT2D eigenvalue weighted by atomic mass is 79.9. The number of piperidine rings is 1. The molecule has 1 fully saturated rings. The molecular weight excluding hydrogens is 266 g/mol. The molecule has 0 aromatic heterocycles. The highest BCUT2D eigenvalue weighted by molar-refractivity contribution is 9.10. The second kappa shape index (κ2) is 3.67. The summed E-state index contributed by atoms with van der Waals surface area (Å²) < 4.78 is 1.01. The van der Waals surface area contributed by atoms with Crippen molar-refractivity contribution in [1.29, 1.82) is 0 Å². The number of ketones is 1. The third-order valence-corrected chi connectivity index (χ3v) is 4.41. The molecule has 2 nitrogen and oxygen atoms in total. The van der Waals surface area contributed by atoms with E-state index in [1.165, 1.54) is 5.56 Å². The van der Waals surface area contributed by atoms with Crippen LogP contribution < -0.4 is 5.32 Å². The standard InChI is InChI=1S/C13H14BrNO/c14-9-1-2-11-10(7-9)12(16)8-13(11)3-5-15-6-4-13/h1-2,7,15H,3-6,8H2. The zero-order valence-electron chi connectivity index (χ0n) is 9.05. The number of halogens is 1. The maximum absolute atomic E-state index is 12.0. The summed E-state index contributed by atoms with van der Waals surface area (Å²) >= 11 is 3.44. The Bertz CT molecular complexity index is 449. The molecule has 0 bridgehead atoms. The minimum atomic E-state index is 0.137. The van der Waals surface area contributed by atoms with Crippen LogP contribution in [0.4, 0.5) is 0 Å². The van der Waals surface area contributed by atoms with Gasteiger partial charge in [-0.3, -0.25) is 4.79 Å². The highest BCUT2D eigenvalue weighted by Crippen LogP contribution is 2.45. The van der Waals surface area contributed by atoms with Gasteiger partial charge in [0.2, 0.25) is 0 Å². The first-order valence-corrected chi connectivity index (χ1v) is 6.55. The number of hydrogen-bond donors (Lipinski definition) is 1. The van der Waals surface area contributed by atoms with Crippen LogP contribution in [-0.4, -0.2) is 18.9 Å². The van der Waals surface area contributed by atoms with Crippen molar-refractivity contribution in [2.45, 2.75) is 24.7 Å². The van der Waals surface area contributed by atoms with Crippen LogP contribution in [0.15, 0.2) is 22.7 Å². The molecule has 3 rings (SSSR count). The summed E-state index contributed by atoms with van der Waals surface area (Å²) in [5.41, 5.74) is 2.36. The summed E-state index contributed by atoms with van der Waals surface area (Å²) in [6, 6.07) is 6.17. The number of rotatable bonds is 0. The van der Waals surface area contributed by atoms with Gasteiger partial charge in [-0.25, -0.2) is 0 Å². The van der Waals surface area contributed by atoms with Crippen molar-refractivity contribution < 1.29 is 4.79 Å². The molecule has 1 spiro atoms. The first-order valence-electron chi connectivity index (χ1n) is 5.75. The number of carbonyl (C=O) groups is 1. The Labute approximate surface area is 104 Å². The lowest BCUT2D eigenvalue weighted by molar-refractivity contribution is 0.0964. The Hall–Kier alpha value is -0.670. The SMILES string of the molecule is O=C1CC2(CCNCC2)c2ccc(Br)cc21. The quantitative estimate of drug-likeness (QED) is 0.791. The fraction of sp³-hybridized carbons (Fsp3) is 0.462. The molecule has 84 valence electrons. The maximum atomic E-state index is 12.0. The van der Waals surface area contributed by atoms with Gasteiger partial charge in [0.15, 0.2) is 5.78 Å². The normalized spacial score (nSPS) is 22.4. The first-order chi connectivity index (χ1) is 7.71. The Morgan fingerprint density at radius 3 is 2.75 bits per heavy atom. The van der Waals surface area contributed by atoms with Gasteiger partial charge in [-0.05, 0) is 43.6 Å². The second-order valence-electron chi connectivity index (χ2n) is 4.82. The molecule has 1 saturated heterocycles. The zero-order valence-corrected chi connectivity index (χ0v) is 10.6. The molecule has 2 aliphatic rings. The van der Waals surface area contributed by atoms with Gasteiger partial charge in [0.05, 0.1) is 0 Å². The third kappa shape index (κ3) is 1.45. The van der Waals surface area contributed by atoms with E-state index in [1.807, 2.05) is 6.07 Å². The lowest BCUT2D eigenvalue weighted by Gasteiger charge is -2.34. The lowest BCUT2D eigenvalue weighted by atomic mass is 9.74. The van der Waals surface area contributed by atoms with Gasteiger partial charge < -0.3 is 5.32 Å². The van der Waals surface area contributed by atoms with Crippen LogP contribution in [0.3, 0.4) is 0 Å². The van der Waals surface area contributed by atoms with E-state index < -0.39 is 0 Å². The zero-order chi connectivity index (χ0) is 11.2. The van der Waals surface area contributed by atoms with Crippen molar-refractivity contribution in [3.63, 3.8) is 0 Å². The number of benzene rings is 1. The molecule has 1 aromatic carbocycles. The van der Waals surface area contributed by atoms with E-state index in [0.29, 0.717) is 12.2 Å². The van der Waals surface area contributed by atoms with Gasteiger partial charge in [0.1, 0.15) is 0 Å². The lowest BCUT2D eigenvalue weighted by Crippen LogP contribution is -2.38. The Morgan fingerprint density at radius 1 is 1.25 bits per heavy atom. The topological polar surface area (TPSA) is 29.1 Å². The molecule has 1 aliphatic heterocycles. The summed E-state index contributed by atoms with van der Waals surface area (Å²) in [5.74, 6) is 0.318. The summed E-state index contributed by atoms with van der Waals surface area (Å²) in [5, 5.41) is 3.37. The minimum absolute atomic E-state index is 0.137. The Morgan fingerprint density at radius 2 is 2.00 bits per heavy atom. The van der Waals surface area contributed by atoms with E-state index in [2.05, 4.69) is 33.4 Å². The fourth-order valence-corrected chi connectivity index (χ4v) is 3.42. The molecular formula is C13H14BrNO. The molecule has 0 unspecified atom stereocenters. The molecule has 3 heteroatoms. The number of fused-ring (bicyclic) bond motifs is 2. The average Bonchev–Trinajstić information content (AvgIpc) is 2.53. The predicted molar refractivity (Wildman–Crippen MR) is 66.9 cm³/mol. The Balaban J connectivity index is 2.11. The maximum Gasteiger partial charge on any atom is 0.164 e. The van der Waals surface area contributed by atoms with Crippen molar-refractivity contribution in [1.82, 2.24) is 5.32 Å². The molecule has 1 N–H and O–H groups in total. The third-order valence-electron chi connectivity index (χ3n) is 3.91. The van der Waals surface area contributed by atoms with E-state index in [1.54, 1.807) is 0 Å². The van der Waals surface area contributed by atoms with E-state index in [4.69, 9.17) is 0 Å². The molecule has 1 heterocycles. The van der Waals surface area contributed by atoms with Crippen molar-refractivity contribution >= 4 is 21.7 Å². The van der Waals surface area contributed by atoms with E-state index in [0.717, 1.165) is 36.0 Å². The van der Waals surface area contributed by atoms with Crippen LogP contribution in [0.5, 0.6) is 0 Å². The van der Waals surface area contributed by atoms with Crippen LogP contribution in [0, 0.1) is 0 Å². The van der Waals surface area contributed by atoms with Gasteiger partial charge in [-0.1, -0.05) is 22.0 Å². The van der Waals surface area contributed by atoms with E-state index in [-0.39, 0.29) is 5.41 Å². The van der Waals surface area contributed by atoms with Crippen LogP contribution in [-0.2, 0) is 5.41 Å². The molecule has 1 aliphatic carbocycles. The smallest absolute Gasteiger partial charge is 0.164 e. The number of nitrogens with one attached hydrogen (secondary N) is 1. The minimum Gasteiger partial charge on any atom is -0.317 e. The van der Waals surface area contributed by atoms with Gasteiger partial charge >= 0.3 is 0 Å². The summed E-state index contributed by atoms with van der Waals surface area (Å²) in [6.45, 7) is 2.06. The number of hydrogen-bond acceptors (Lipinski definition) is 2. The molecule has 1 aromatic rings. The highest BCUT2D eigenvalue weighted by Gasteiger charge is 2.43. The molecule has 16 heavy (non-hydrogen) atoms. The fourth-order valence-electron chi connectivity index (χ4n) is 3.06. The molecule has 0 atom stereocenters. The van der Waals surface area contributed by atoms with Gasteiger partial charge in [0.25, 0.3) is 0 Å². The van der Waals surface area contributed by atoms with Crippen molar-refractivity contribution in [3.8, 4) is 0 Å². The largest absolute Gasteiger partial charge is 0.317 e. The summed E-state index contributed by atoms with van der Waals surface area (Å²) in [7, 11) is 0. The summed E-state index contributed by atoms with van der Waals surface area (Å²) in [4.78, 5) is 12.0. The predicted octanol–water partition coefficient (Wildman–Crippen LogP) is 2.66. The molecule has 0 amide bonds. The number of Topliss-reactive ketones (excluding diaryl/α,β-unsaturated/α-hetero) is 1. The monoisotopic (exact) mass is 279 g/mol. The van der Waals surface area contributed by atoms with Gasteiger partial charge in [0, 0.05) is 21.9 Å². The summed E-state index contributed by atoms with van der Waals surface area (Å²) in [6.07, 6.45) is 2.89. The van der Waals surface area contributed by atoms with Crippen LogP contribution in [0.1, 0.15) is 35.2 Å². The van der Waals surface area contributed by atoms with Crippen LogP contribution in [0.2, 0.25) is 0 Å². The van der Waals surface area contributed by atoms with Gasteiger partial charge in [-0.15, -0.1) is 0 Å². The van der Waals surface area contributed by atoms with E-state index in [9.17, 15) is 4.79 Å². The van der Waals surface area contributed by atoms with Gasteiger partial charge in [-0.2, -0.15) is 0 Å². The first kappa shape index (κ1) is 10.5. The van der Waals surface area contributed by atoms with Crippen LogP contribution in [0.25, 0.3) is 0 Å². The molecule has 0 radical (unpaired) electrons. The van der Waals surface area contributed by atoms with Crippen molar-refractivity contribution in [3.05, 3.63) is 33.8 Å². The second-order valence-corrected chi connectivity index (χ2v) is 5.74. The van der Waals surface area contributed by atoms with Crippen LogP contribution >= 0.6 is 15.9 Å². The van der Waals surface area contributed by atoms with E-state index >= 15 is 0 Å². The molecule has 0 saturated carbocycles. The van der Waals surface area contributed by atoms with Crippen molar-refractivity contribution in [2.24, 2.45) is 0 Å². The number of carbonyl (C=O) groups excluding carboxylic acids is 1. The average molecular weight is 280 g/mol.